The van der Waals surface area contributed by atoms with Crippen LogP contribution in [0.1, 0.15) is 52.5 Å². The van der Waals surface area contributed by atoms with Gasteiger partial charge in [0.2, 0.25) is 5.91 Å². The van der Waals surface area contributed by atoms with Crippen molar-refractivity contribution >= 4 is 44.8 Å². The summed E-state index contributed by atoms with van der Waals surface area (Å²) in [5.74, 6) is 0.0379. The molecule has 0 aliphatic carbocycles. The molecule has 1 atom stereocenters. The molecule has 0 saturated carbocycles. The number of anilines is 1. The molecule has 1 heterocycles. The Bertz CT molecular complexity index is 927. The first-order chi connectivity index (χ1) is 14.7. The van der Waals surface area contributed by atoms with Crippen molar-refractivity contribution in [2.45, 2.75) is 53.0 Å². The minimum atomic E-state index is -0.0763. The van der Waals surface area contributed by atoms with Gasteiger partial charge in [-0.3, -0.25) is 9.80 Å². The summed E-state index contributed by atoms with van der Waals surface area (Å²) in [6.45, 7) is 9.53. The second-order valence-electron chi connectivity index (χ2n) is 8.78. The molecule has 4 nitrogen and oxygen atoms in total. The first-order valence-corrected chi connectivity index (χ1v) is 12.1. The van der Waals surface area contributed by atoms with E-state index >= 15 is 0 Å². The minimum absolute atomic E-state index is 0.0379. The Kier molecular flexibility index (Phi) is 7.82. The number of unbranched alkanes of at least 4 members (excludes halogenated alkanes) is 1. The molecule has 31 heavy (non-hydrogen) atoms. The zero-order valence-corrected chi connectivity index (χ0v) is 21.1. The summed E-state index contributed by atoms with van der Waals surface area (Å²) in [7, 11) is 0. The van der Waals surface area contributed by atoms with E-state index in [1.54, 1.807) is 0 Å². The lowest BCUT2D eigenvalue weighted by atomic mass is 9.78. The lowest BCUT2D eigenvalue weighted by molar-refractivity contribution is -0.120. The van der Waals surface area contributed by atoms with Crippen molar-refractivity contribution in [2.75, 3.05) is 18.0 Å². The van der Waals surface area contributed by atoms with Crippen LogP contribution in [0.4, 0.5) is 5.69 Å². The molecule has 1 amide bonds. The molecule has 0 aromatic heterocycles. The number of benzene rings is 2. The highest BCUT2D eigenvalue weighted by Crippen LogP contribution is 2.36. The van der Waals surface area contributed by atoms with Crippen molar-refractivity contribution in [3.05, 3.63) is 63.6 Å². The van der Waals surface area contributed by atoms with Gasteiger partial charge < -0.3 is 4.90 Å². The van der Waals surface area contributed by atoms with Gasteiger partial charge in [0.25, 0.3) is 0 Å². The lowest BCUT2D eigenvalue weighted by Crippen LogP contribution is -2.43. The Balaban J connectivity index is 1.84. The second kappa shape index (κ2) is 10.2. The van der Waals surface area contributed by atoms with Crippen LogP contribution in [0.25, 0.3) is 0 Å². The number of rotatable bonds is 8. The fourth-order valence-electron chi connectivity index (χ4n) is 4.21. The summed E-state index contributed by atoms with van der Waals surface area (Å²) < 4.78 is 1.05. The monoisotopic (exact) mass is 503 g/mol. The van der Waals surface area contributed by atoms with Crippen molar-refractivity contribution in [2.24, 2.45) is 10.5 Å². The summed E-state index contributed by atoms with van der Waals surface area (Å²) in [6.07, 6.45) is 3.32. The summed E-state index contributed by atoms with van der Waals surface area (Å²) >= 11 is 9.55. The zero-order valence-electron chi connectivity index (χ0n) is 18.7. The zero-order chi connectivity index (χ0) is 22.6. The quantitative estimate of drug-likeness (QED) is 0.398. The molecule has 3 rings (SSSR count). The standard InChI is InChI=1S/C25H31BrClN3O/c1-5-6-15-25(4)17-29(28-24(25)19-7-9-20(26)10-8-19)16-23(31)30(18(2)3)22-13-11-21(27)12-14-22/h7-14,18H,5-6,15-17H2,1-4H3. The molecular formula is C25H31BrClN3O. The molecule has 0 fully saturated rings. The first kappa shape index (κ1) is 23.8. The van der Waals surface area contributed by atoms with Gasteiger partial charge >= 0.3 is 0 Å². The Morgan fingerprint density at radius 3 is 2.42 bits per heavy atom. The molecule has 0 radical (unpaired) electrons. The van der Waals surface area contributed by atoms with Crippen LogP contribution in [0.15, 0.2) is 58.1 Å². The van der Waals surface area contributed by atoms with E-state index in [-0.39, 0.29) is 23.9 Å². The van der Waals surface area contributed by atoms with Gasteiger partial charge in [0.05, 0.1) is 5.71 Å². The van der Waals surface area contributed by atoms with Crippen LogP contribution in [-0.4, -0.2) is 35.8 Å². The fourth-order valence-corrected chi connectivity index (χ4v) is 4.60. The maximum Gasteiger partial charge on any atom is 0.248 e. The molecule has 1 unspecified atom stereocenters. The highest BCUT2D eigenvalue weighted by atomic mass is 79.9. The first-order valence-electron chi connectivity index (χ1n) is 10.9. The van der Waals surface area contributed by atoms with Gasteiger partial charge in [-0.1, -0.05) is 66.4 Å². The van der Waals surface area contributed by atoms with Gasteiger partial charge in [-0.25, -0.2) is 0 Å². The summed E-state index contributed by atoms with van der Waals surface area (Å²) in [5, 5.41) is 7.56. The van der Waals surface area contributed by atoms with Crippen molar-refractivity contribution in [3.8, 4) is 0 Å². The number of carbonyl (C=O) groups excluding carboxylic acids is 1. The lowest BCUT2D eigenvalue weighted by Gasteiger charge is -2.30. The number of hydrazone groups is 1. The smallest absolute Gasteiger partial charge is 0.248 e. The van der Waals surface area contributed by atoms with Crippen LogP contribution in [0.5, 0.6) is 0 Å². The number of carbonyl (C=O) groups is 1. The fraction of sp³-hybridized carbons (Fsp3) is 0.440. The van der Waals surface area contributed by atoms with E-state index in [9.17, 15) is 4.79 Å². The minimum Gasteiger partial charge on any atom is -0.308 e. The van der Waals surface area contributed by atoms with E-state index in [2.05, 4.69) is 41.9 Å². The molecule has 1 aliphatic rings. The predicted molar refractivity (Wildman–Crippen MR) is 134 cm³/mol. The van der Waals surface area contributed by atoms with Gasteiger partial charge in [-0.15, -0.1) is 0 Å². The number of halogens is 2. The third-order valence-corrected chi connectivity index (χ3v) is 6.53. The van der Waals surface area contributed by atoms with E-state index in [4.69, 9.17) is 16.7 Å². The number of hydrogen-bond donors (Lipinski definition) is 0. The molecule has 1 aliphatic heterocycles. The van der Waals surface area contributed by atoms with Crippen LogP contribution in [-0.2, 0) is 4.79 Å². The number of nitrogens with zero attached hydrogens (tertiary/aromatic N) is 3. The molecule has 6 heteroatoms. The molecule has 0 saturated heterocycles. The Morgan fingerprint density at radius 2 is 1.84 bits per heavy atom. The largest absolute Gasteiger partial charge is 0.308 e. The van der Waals surface area contributed by atoms with Crippen LogP contribution in [0, 0.1) is 5.41 Å². The highest BCUT2D eigenvalue weighted by Gasteiger charge is 2.39. The average Bonchev–Trinajstić information content (AvgIpc) is 3.04. The Hall–Kier alpha value is -1.85. The summed E-state index contributed by atoms with van der Waals surface area (Å²) in [4.78, 5) is 15.1. The Labute approximate surface area is 199 Å². The van der Waals surface area contributed by atoms with Crippen LogP contribution < -0.4 is 4.90 Å². The van der Waals surface area contributed by atoms with Gasteiger partial charge in [0.15, 0.2) is 0 Å². The molecule has 0 bridgehead atoms. The van der Waals surface area contributed by atoms with E-state index in [1.807, 2.05) is 60.2 Å². The normalized spacial score (nSPS) is 18.4. The van der Waals surface area contributed by atoms with Crippen molar-refractivity contribution in [1.29, 1.82) is 0 Å². The number of hydrogen-bond acceptors (Lipinski definition) is 3. The Morgan fingerprint density at radius 1 is 1.19 bits per heavy atom. The maximum absolute atomic E-state index is 13.3. The van der Waals surface area contributed by atoms with Gasteiger partial charge in [-0.05, 0) is 62.2 Å². The average molecular weight is 505 g/mol. The predicted octanol–water partition coefficient (Wildman–Crippen LogP) is 6.76. The molecule has 0 N–H and O–H groups in total. The van der Waals surface area contributed by atoms with E-state index in [0.29, 0.717) is 5.02 Å². The summed E-state index contributed by atoms with van der Waals surface area (Å²) in [6, 6.07) is 15.8. The van der Waals surface area contributed by atoms with Gasteiger partial charge in [0.1, 0.15) is 6.54 Å². The topological polar surface area (TPSA) is 35.9 Å². The van der Waals surface area contributed by atoms with Gasteiger partial charge in [-0.2, -0.15) is 5.10 Å². The van der Waals surface area contributed by atoms with E-state index < -0.39 is 0 Å². The van der Waals surface area contributed by atoms with Crippen molar-refractivity contribution in [3.63, 3.8) is 0 Å². The molecule has 2 aromatic carbocycles. The van der Waals surface area contributed by atoms with Crippen LogP contribution in [0.2, 0.25) is 5.02 Å². The third-order valence-electron chi connectivity index (χ3n) is 5.75. The SMILES string of the molecule is CCCCC1(C)CN(CC(=O)N(c2ccc(Cl)cc2)C(C)C)N=C1c1ccc(Br)cc1. The van der Waals surface area contributed by atoms with Crippen LogP contribution >= 0.6 is 27.5 Å². The van der Waals surface area contributed by atoms with Crippen LogP contribution in [0.3, 0.4) is 0 Å². The molecular weight excluding hydrogens is 474 g/mol. The van der Waals surface area contributed by atoms with E-state index in [1.165, 1.54) is 0 Å². The summed E-state index contributed by atoms with van der Waals surface area (Å²) in [5.41, 5.74) is 2.97. The maximum atomic E-state index is 13.3. The molecule has 0 spiro atoms. The molecule has 166 valence electrons. The number of amides is 1. The highest BCUT2D eigenvalue weighted by molar-refractivity contribution is 9.10. The van der Waals surface area contributed by atoms with Crippen molar-refractivity contribution in [1.82, 2.24) is 5.01 Å². The second-order valence-corrected chi connectivity index (χ2v) is 10.1. The molecule has 2 aromatic rings. The van der Waals surface area contributed by atoms with Gasteiger partial charge in [0, 0.05) is 33.2 Å². The van der Waals surface area contributed by atoms with E-state index in [0.717, 1.165) is 47.2 Å². The van der Waals surface area contributed by atoms with Crippen molar-refractivity contribution < 1.29 is 4.79 Å². The third kappa shape index (κ3) is 5.69.